The molecule has 1 fully saturated rings. The molecule has 0 spiro atoms. The van der Waals surface area contributed by atoms with Gasteiger partial charge in [0.1, 0.15) is 6.04 Å². The van der Waals surface area contributed by atoms with Crippen molar-refractivity contribution in [3.05, 3.63) is 0 Å². The maximum absolute atomic E-state index is 11.5. The number of nitrogens with one attached hydrogen (secondary N) is 1. The fraction of sp³-hybridized carbons (Fsp3) is 0.778. The van der Waals surface area contributed by atoms with Crippen LogP contribution in [0.4, 0.5) is 4.79 Å². The molecule has 1 rings (SSSR count). The summed E-state index contributed by atoms with van der Waals surface area (Å²) in [6.07, 6.45) is 1.55. The lowest BCUT2D eigenvalue weighted by Gasteiger charge is -2.30. The lowest BCUT2D eigenvalue weighted by Crippen LogP contribution is -2.50. The van der Waals surface area contributed by atoms with Crippen molar-refractivity contribution >= 4 is 12.0 Å². The Bertz CT molecular complexity index is 249. The van der Waals surface area contributed by atoms with Gasteiger partial charge in [-0.25, -0.2) is 4.79 Å². The summed E-state index contributed by atoms with van der Waals surface area (Å²) in [4.78, 5) is 23.6. The summed E-state index contributed by atoms with van der Waals surface area (Å²) >= 11 is 0. The number of aliphatic carboxylic acids is 1. The van der Waals surface area contributed by atoms with E-state index < -0.39 is 12.0 Å². The molecular weight excluding hydrogens is 198 g/mol. The van der Waals surface area contributed by atoms with E-state index in [-0.39, 0.29) is 12.1 Å². The first kappa shape index (κ1) is 11.8. The van der Waals surface area contributed by atoms with Gasteiger partial charge in [0.2, 0.25) is 0 Å². The summed E-state index contributed by atoms with van der Waals surface area (Å²) in [6, 6.07) is -1.02. The van der Waals surface area contributed by atoms with Crippen LogP contribution >= 0.6 is 0 Å². The highest BCUT2D eigenvalue weighted by Crippen LogP contribution is 2.08. The Hall–Kier alpha value is -1.30. The molecule has 0 bridgehead atoms. The van der Waals surface area contributed by atoms with Crippen LogP contribution in [0.3, 0.4) is 0 Å². The van der Waals surface area contributed by atoms with Crippen LogP contribution in [0, 0.1) is 0 Å². The minimum Gasteiger partial charge on any atom is -0.480 e. The van der Waals surface area contributed by atoms with Gasteiger partial charge in [0.05, 0.1) is 0 Å². The van der Waals surface area contributed by atoms with Crippen LogP contribution in [0.5, 0.6) is 0 Å². The molecule has 0 aromatic rings. The zero-order valence-electron chi connectivity index (χ0n) is 8.77. The van der Waals surface area contributed by atoms with E-state index in [1.807, 2.05) is 0 Å². The summed E-state index contributed by atoms with van der Waals surface area (Å²) in [5, 5.41) is 11.0. The van der Waals surface area contributed by atoms with Crippen LogP contribution in [0.25, 0.3) is 0 Å². The van der Waals surface area contributed by atoms with Gasteiger partial charge in [0, 0.05) is 19.1 Å². The number of nitrogens with two attached hydrogens (primary N) is 1. The summed E-state index contributed by atoms with van der Waals surface area (Å²) in [5.41, 5.74) is 5.69. The maximum atomic E-state index is 11.5. The van der Waals surface area contributed by atoms with Gasteiger partial charge in [-0.1, -0.05) is 0 Å². The molecule has 0 saturated carbocycles. The molecule has 6 heteroatoms. The summed E-state index contributed by atoms with van der Waals surface area (Å²) < 4.78 is 0. The van der Waals surface area contributed by atoms with Crippen LogP contribution in [0.1, 0.15) is 19.8 Å². The molecule has 15 heavy (non-hydrogen) atoms. The number of carboxylic acids is 1. The van der Waals surface area contributed by atoms with E-state index in [1.165, 1.54) is 6.92 Å². The molecule has 1 aliphatic rings. The largest absolute Gasteiger partial charge is 0.480 e. The highest BCUT2D eigenvalue weighted by Gasteiger charge is 2.22. The number of likely N-dealkylation sites (tertiary alicyclic amines) is 1. The van der Waals surface area contributed by atoms with E-state index >= 15 is 0 Å². The molecular formula is C9H17N3O3. The molecule has 0 aliphatic carbocycles. The van der Waals surface area contributed by atoms with Gasteiger partial charge in [-0.2, -0.15) is 0 Å². The first-order valence-corrected chi connectivity index (χ1v) is 5.04. The molecule has 1 atom stereocenters. The zero-order valence-corrected chi connectivity index (χ0v) is 8.77. The van der Waals surface area contributed by atoms with Crippen molar-refractivity contribution in [3.8, 4) is 0 Å². The number of carboxylic acid groups (broad SMARTS) is 1. The third kappa shape index (κ3) is 3.39. The van der Waals surface area contributed by atoms with E-state index in [0.29, 0.717) is 13.1 Å². The van der Waals surface area contributed by atoms with Gasteiger partial charge < -0.3 is 21.1 Å². The monoisotopic (exact) mass is 215 g/mol. The van der Waals surface area contributed by atoms with Crippen LogP contribution in [0.2, 0.25) is 0 Å². The van der Waals surface area contributed by atoms with Gasteiger partial charge in [-0.05, 0) is 19.8 Å². The zero-order chi connectivity index (χ0) is 11.4. The van der Waals surface area contributed by atoms with E-state index in [1.54, 1.807) is 4.90 Å². The first-order valence-electron chi connectivity index (χ1n) is 5.04. The van der Waals surface area contributed by atoms with Crippen LogP contribution in [0.15, 0.2) is 0 Å². The second kappa shape index (κ2) is 4.97. The predicted molar refractivity (Wildman–Crippen MR) is 54.4 cm³/mol. The number of carbonyl (C=O) groups is 2. The van der Waals surface area contributed by atoms with Crippen molar-refractivity contribution in [1.29, 1.82) is 0 Å². The molecule has 0 aromatic carbocycles. The maximum Gasteiger partial charge on any atom is 0.325 e. The quantitative estimate of drug-likeness (QED) is 0.583. The van der Waals surface area contributed by atoms with E-state index in [9.17, 15) is 9.59 Å². The minimum absolute atomic E-state index is 0.158. The number of hydrogen-bond acceptors (Lipinski definition) is 3. The summed E-state index contributed by atoms with van der Waals surface area (Å²) in [7, 11) is 0. The first-order chi connectivity index (χ1) is 7.00. The second-order valence-corrected chi connectivity index (χ2v) is 3.83. The van der Waals surface area contributed by atoms with E-state index in [2.05, 4.69) is 5.32 Å². The molecule has 4 N–H and O–H groups in total. The van der Waals surface area contributed by atoms with Gasteiger partial charge >= 0.3 is 12.0 Å². The van der Waals surface area contributed by atoms with Crippen molar-refractivity contribution < 1.29 is 14.7 Å². The van der Waals surface area contributed by atoms with Crippen molar-refractivity contribution in [2.45, 2.75) is 31.8 Å². The Balaban J connectivity index is 2.37. The number of hydrogen-bond donors (Lipinski definition) is 3. The van der Waals surface area contributed by atoms with E-state index in [4.69, 9.17) is 10.8 Å². The van der Waals surface area contributed by atoms with Gasteiger partial charge in [-0.15, -0.1) is 0 Å². The highest BCUT2D eigenvalue weighted by molar-refractivity contribution is 5.82. The van der Waals surface area contributed by atoms with Crippen LogP contribution < -0.4 is 11.1 Å². The Labute approximate surface area is 88.4 Å². The Morgan fingerprint density at radius 1 is 1.47 bits per heavy atom. The van der Waals surface area contributed by atoms with Crippen molar-refractivity contribution in [2.24, 2.45) is 5.73 Å². The molecule has 0 unspecified atom stereocenters. The van der Waals surface area contributed by atoms with Gasteiger partial charge in [0.25, 0.3) is 0 Å². The lowest BCUT2D eigenvalue weighted by molar-refractivity contribution is -0.138. The topological polar surface area (TPSA) is 95.7 Å². The average molecular weight is 215 g/mol. The fourth-order valence-electron chi connectivity index (χ4n) is 1.44. The average Bonchev–Trinajstić information content (AvgIpc) is 2.18. The number of rotatable bonds is 2. The fourth-order valence-corrected chi connectivity index (χ4v) is 1.44. The molecule has 2 amide bonds. The molecule has 86 valence electrons. The number of piperidine rings is 1. The minimum atomic E-state index is -1.03. The standard InChI is InChI=1S/C9H17N3O3/c1-6(8(13)14)11-9(15)12-4-2-7(10)3-5-12/h6-7H,2-5,10H2,1H3,(H,11,15)(H,13,14)/t6-/m1/s1. The van der Waals surface area contributed by atoms with Crippen LogP contribution in [-0.2, 0) is 4.79 Å². The number of nitrogens with zero attached hydrogens (tertiary/aromatic N) is 1. The third-order valence-electron chi connectivity index (χ3n) is 2.54. The number of carbonyl (C=O) groups excluding carboxylic acids is 1. The Morgan fingerprint density at radius 2 is 2.00 bits per heavy atom. The predicted octanol–water partition coefficient (Wildman–Crippen LogP) is -0.408. The van der Waals surface area contributed by atoms with Crippen molar-refractivity contribution in [1.82, 2.24) is 10.2 Å². The molecule has 6 nitrogen and oxygen atoms in total. The summed E-state index contributed by atoms with van der Waals surface area (Å²) in [5.74, 6) is -1.03. The third-order valence-corrected chi connectivity index (χ3v) is 2.54. The van der Waals surface area contributed by atoms with Gasteiger partial charge in [0.15, 0.2) is 0 Å². The van der Waals surface area contributed by atoms with Crippen LogP contribution in [-0.4, -0.2) is 47.2 Å². The molecule has 1 saturated heterocycles. The Morgan fingerprint density at radius 3 is 2.47 bits per heavy atom. The normalized spacial score (nSPS) is 19.7. The SMILES string of the molecule is C[C@@H](NC(=O)N1CCC(N)CC1)C(=O)O. The second-order valence-electron chi connectivity index (χ2n) is 3.83. The molecule has 1 heterocycles. The van der Waals surface area contributed by atoms with Crippen molar-refractivity contribution in [3.63, 3.8) is 0 Å². The van der Waals surface area contributed by atoms with Crippen molar-refractivity contribution in [2.75, 3.05) is 13.1 Å². The summed E-state index contributed by atoms with van der Waals surface area (Å²) in [6.45, 7) is 2.63. The Kier molecular flexibility index (Phi) is 3.90. The lowest BCUT2D eigenvalue weighted by atomic mass is 10.1. The highest BCUT2D eigenvalue weighted by atomic mass is 16.4. The molecule has 0 radical (unpaired) electrons. The number of urea groups is 1. The number of amides is 2. The molecule has 0 aromatic heterocycles. The smallest absolute Gasteiger partial charge is 0.325 e. The van der Waals surface area contributed by atoms with E-state index in [0.717, 1.165) is 12.8 Å². The molecule has 1 aliphatic heterocycles. The van der Waals surface area contributed by atoms with Gasteiger partial charge in [-0.3, -0.25) is 4.79 Å².